The molecule has 0 aliphatic carbocycles. The van der Waals surface area contributed by atoms with E-state index in [-0.39, 0.29) is 5.82 Å². The van der Waals surface area contributed by atoms with Gasteiger partial charge in [-0.05, 0) is 53.9 Å². The minimum absolute atomic E-state index is 0.296. The zero-order valence-electron chi connectivity index (χ0n) is 10.6. The van der Waals surface area contributed by atoms with E-state index in [2.05, 4.69) is 15.9 Å². The lowest BCUT2D eigenvalue weighted by molar-refractivity contribution is 0.414. The fraction of sp³-hybridized carbons (Fsp3) is 0.200. The summed E-state index contributed by atoms with van der Waals surface area (Å²) < 4.78 is 19.3. The quantitative estimate of drug-likeness (QED) is 0.693. The van der Waals surface area contributed by atoms with Crippen molar-refractivity contribution in [2.24, 2.45) is 0 Å². The summed E-state index contributed by atoms with van der Waals surface area (Å²) >= 11 is 9.88. The van der Waals surface area contributed by atoms with Crippen LogP contribution in [0.5, 0.6) is 5.75 Å². The number of benzene rings is 2. The fourth-order valence-electron chi connectivity index (χ4n) is 1.94. The summed E-state index contributed by atoms with van der Waals surface area (Å²) in [5.74, 6) is 0.485. The third-order valence-corrected chi connectivity index (χ3v) is 4.17. The van der Waals surface area contributed by atoms with E-state index in [0.29, 0.717) is 0 Å². The number of aryl methyl sites for hydroxylation is 1. The van der Waals surface area contributed by atoms with Crippen LogP contribution in [-0.4, -0.2) is 7.11 Å². The molecule has 0 spiro atoms. The number of halogens is 3. The highest BCUT2D eigenvalue weighted by atomic mass is 79.9. The molecule has 0 saturated carbocycles. The van der Waals surface area contributed by atoms with E-state index >= 15 is 0 Å². The molecule has 0 saturated heterocycles. The Morgan fingerprint density at radius 1 is 1.16 bits per heavy atom. The van der Waals surface area contributed by atoms with Crippen molar-refractivity contribution >= 4 is 27.5 Å². The van der Waals surface area contributed by atoms with Crippen molar-refractivity contribution in [3.8, 4) is 5.75 Å². The Hall–Kier alpha value is -1.06. The van der Waals surface area contributed by atoms with Gasteiger partial charge in [0.1, 0.15) is 11.6 Å². The Balaban J connectivity index is 2.43. The molecule has 0 N–H and O–H groups in total. The third kappa shape index (κ3) is 3.10. The van der Waals surface area contributed by atoms with Crippen LogP contribution in [0.25, 0.3) is 0 Å². The Labute approximate surface area is 125 Å². The van der Waals surface area contributed by atoms with Crippen molar-refractivity contribution in [2.45, 2.75) is 12.3 Å². The average molecular weight is 344 g/mol. The number of ether oxygens (including phenoxy) is 1. The number of alkyl halides is 1. The molecule has 0 amide bonds. The van der Waals surface area contributed by atoms with E-state index in [0.717, 1.165) is 26.9 Å². The van der Waals surface area contributed by atoms with Gasteiger partial charge >= 0.3 is 0 Å². The summed E-state index contributed by atoms with van der Waals surface area (Å²) in [6.07, 6.45) is 0. The predicted molar refractivity (Wildman–Crippen MR) is 79.5 cm³/mol. The van der Waals surface area contributed by atoms with Gasteiger partial charge in [-0.15, -0.1) is 11.6 Å². The topological polar surface area (TPSA) is 9.23 Å². The molecule has 1 nitrogen and oxygen atoms in total. The molecular formula is C15H13BrClFO. The van der Waals surface area contributed by atoms with Crippen LogP contribution in [0.15, 0.2) is 40.9 Å². The van der Waals surface area contributed by atoms with Crippen molar-refractivity contribution in [2.75, 3.05) is 7.11 Å². The van der Waals surface area contributed by atoms with Crippen LogP contribution in [0.2, 0.25) is 0 Å². The molecule has 19 heavy (non-hydrogen) atoms. The number of methoxy groups -OCH3 is 1. The molecule has 2 aromatic rings. The minimum Gasteiger partial charge on any atom is -0.497 e. The lowest BCUT2D eigenvalue weighted by Crippen LogP contribution is -1.99. The first kappa shape index (κ1) is 14.4. The monoisotopic (exact) mass is 342 g/mol. The summed E-state index contributed by atoms with van der Waals surface area (Å²) in [5.41, 5.74) is 2.67. The van der Waals surface area contributed by atoms with E-state index in [4.69, 9.17) is 16.3 Å². The van der Waals surface area contributed by atoms with Gasteiger partial charge in [0, 0.05) is 4.47 Å². The fourth-order valence-corrected chi connectivity index (χ4v) is 2.97. The second-order valence-electron chi connectivity index (χ2n) is 4.25. The highest BCUT2D eigenvalue weighted by Gasteiger charge is 2.17. The summed E-state index contributed by atoms with van der Waals surface area (Å²) in [7, 11) is 1.62. The average Bonchev–Trinajstić information content (AvgIpc) is 2.40. The Morgan fingerprint density at radius 3 is 2.53 bits per heavy atom. The molecule has 0 aliphatic heterocycles. The van der Waals surface area contributed by atoms with E-state index in [1.165, 1.54) is 12.1 Å². The van der Waals surface area contributed by atoms with Gasteiger partial charge in [-0.25, -0.2) is 4.39 Å². The van der Waals surface area contributed by atoms with Crippen LogP contribution >= 0.6 is 27.5 Å². The van der Waals surface area contributed by atoms with Gasteiger partial charge in [0.25, 0.3) is 0 Å². The molecule has 2 rings (SSSR count). The third-order valence-electron chi connectivity index (χ3n) is 2.98. The van der Waals surface area contributed by atoms with Crippen LogP contribution in [0.4, 0.5) is 4.39 Å². The van der Waals surface area contributed by atoms with Gasteiger partial charge in [0.05, 0.1) is 12.5 Å². The zero-order chi connectivity index (χ0) is 14.0. The molecule has 0 bridgehead atoms. The molecule has 0 aliphatic rings. The van der Waals surface area contributed by atoms with Crippen LogP contribution in [0, 0.1) is 12.7 Å². The van der Waals surface area contributed by atoms with Crippen LogP contribution < -0.4 is 4.74 Å². The van der Waals surface area contributed by atoms with Gasteiger partial charge in [-0.1, -0.05) is 22.0 Å². The van der Waals surface area contributed by atoms with Crippen molar-refractivity contribution < 1.29 is 9.13 Å². The molecular weight excluding hydrogens is 331 g/mol. The molecule has 100 valence electrons. The largest absolute Gasteiger partial charge is 0.497 e. The Kier molecular flexibility index (Phi) is 4.48. The number of hydrogen-bond donors (Lipinski definition) is 0. The van der Waals surface area contributed by atoms with Crippen molar-refractivity contribution in [1.82, 2.24) is 0 Å². The number of hydrogen-bond acceptors (Lipinski definition) is 1. The molecule has 1 unspecified atom stereocenters. The maximum Gasteiger partial charge on any atom is 0.123 e. The van der Waals surface area contributed by atoms with Crippen LogP contribution in [0.3, 0.4) is 0 Å². The maximum absolute atomic E-state index is 13.3. The van der Waals surface area contributed by atoms with Gasteiger partial charge in [-0.2, -0.15) is 0 Å². The van der Waals surface area contributed by atoms with Gasteiger partial charge in [-0.3, -0.25) is 0 Å². The lowest BCUT2D eigenvalue weighted by atomic mass is 9.99. The molecule has 0 aromatic heterocycles. The Morgan fingerprint density at radius 2 is 1.89 bits per heavy atom. The van der Waals surface area contributed by atoms with E-state index in [9.17, 15) is 4.39 Å². The highest BCUT2D eigenvalue weighted by molar-refractivity contribution is 9.10. The first-order valence-electron chi connectivity index (χ1n) is 5.76. The minimum atomic E-state index is -0.406. The Bertz CT molecular complexity index is 601. The van der Waals surface area contributed by atoms with E-state index < -0.39 is 5.38 Å². The lowest BCUT2D eigenvalue weighted by Gasteiger charge is -2.15. The normalized spacial score (nSPS) is 12.3. The van der Waals surface area contributed by atoms with Gasteiger partial charge < -0.3 is 4.74 Å². The molecule has 0 fully saturated rings. The SMILES string of the molecule is COc1ccc(C(Cl)c2cc(F)ccc2Br)c(C)c1. The first-order valence-corrected chi connectivity index (χ1v) is 6.99. The second-order valence-corrected chi connectivity index (χ2v) is 5.54. The summed E-state index contributed by atoms with van der Waals surface area (Å²) in [4.78, 5) is 0. The van der Waals surface area contributed by atoms with E-state index in [1.807, 2.05) is 25.1 Å². The molecule has 2 aromatic carbocycles. The summed E-state index contributed by atoms with van der Waals surface area (Å²) in [6, 6.07) is 10.2. The number of rotatable bonds is 3. The molecule has 0 heterocycles. The smallest absolute Gasteiger partial charge is 0.123 e. The van der Waals surface area contributed by atoms with Crippen molar-refractivity contribution in [3.63, 3.8) is 0 Å². The maximum atomic E-state index is 13.3. The molecule has 1 atom stereocenters. The standard InChI is InChI=1S/C15H13BrClFO/c1-9-7-11(19-2)4-5-12(9)15(17)13-8-10(18)3-6-14(13)16/h3-8,15H,1-2H3. The van der Waals surface area contributed by atoms with E-state index in [1.54, 1.807) is 13.2 Å². The van der Waals surface area contributed by atoms with Crippen molar-refractivity contribution in [3.05, 3.63) is 63.4 Å². The van der Waals surface area contributed by atoms with Crippen molar-refractivity contribution in [1.29, 1.82) is 0 Å². The first-order chi connectivity index (χ1) is 9.02. The van der Waals surface area contributed by atoms with Gasteiger partial charge in [0.2, 0.25) is 0 Å². The van der Waals surface area contributed by atoms with Crippen LogP contribution in [0.1, 0.15) is 22.1 Å². The highest BCUT2D eigenvalue weighted by Crippen LogP contribution is 2.36. The van der Waals surface area contributed by atoms with Crippen LogP contribution in [-0.2, 0) is 0 Å². The molecule has 0 radical (unpaired) electrons. The second kappa shape index (κ2) is 5.93. The predicted octanol–water partition coefficient (Wildman–Crippen LogP) is 5.23. The summed E-state index contributed by atoms with van der Waals surface area (Å²) in [6.45, 7) is 1.96. The van der Waals surface area contributed by atoms with Gasteiger partial charge in [0.15, 0.2) is 0 Å². The molecule has 4 heteroatoms. The zero-order valence-corrected chi connectivity index (χ0v) is 12.9. The summed E-state index contributed by atoms with van der Waals surface area (Å²) in [5, 5.41) is -0.406.